The number of nitrogens with two attached hydrogens (primary N) is 1. The first-order chi connectivity index (χ1) is 8.74. The Bertz CT molecular complexity index is 383. The number of likely N-dealkylation sites (N-methyl/N-ethyl adjacent to an activating group) is 2. The average Bonchev–Trinajstić information content (AvgIpc) is 2.86. The summed E-state index contributed by atoms with van der Waals surface area (Å²) in [6.07, 6.45) is 4.10. The molecule has 0 radical (unpaired) electrons. The van der Waals surface area contributed by atoms with Crippen molar-refractivity contribution in [1.82, 2.24) is 14.9 Å². The SMILES string of the molecule is CCN1CCCC1CN(C)c1cc(NN)ncn1. The Hall–Kier alpha value is -1.40. The highest BCUT2D eigenvalue weighted by Crippen LogP contribution is 2.20. The van der Waals surface area contributed by atoms with Crippen molar-refractivity contribution in [3.8, 4) is 0 Å². The predicted molar refractivity (Wildman–Crippen MR) is 73.4 cm³/mol. The van der Waals surface area contributed by atoms with Crippen molar-refractivity contribution < 1.29 is 0 Å². The van der Waals surface area contributed by atoms with Gasteiger partial charge in [0.1, 0.15) is 18.0 Å². The van der Waals surface area contributed by atoms with Gasteiger partial charge in [0.15, 0.2) is 0 Å². The predicted octanol–water partition coefficient (Wildman–Crippen LogP) is 0.683. The van der Waals surface area contributed by atoms with Crippen LogP contribution in [0.5, 0.6) is 0 Å². The molecule has 1 atom stereocenters. The molecule has 1 aliphatic heterocycles. The number of rotatable bonds is 5. The summed E-state index contributed by atoms with van der Waals surface area (Å²) in [5, 5.41) is 0. The van der Waals surface area contributed by atoms with E-state index in [4.69, 9.17) is 5.84 Å². The van der Waals surface area contributed by atoms with Crippen LogP contribution in [0.1, 0.15) is 19.8 Å². The first-order valence-corrected chi connectivity index (χ1v) is 6.48. The van der Waals surface area contributed by atoms with Crippen LogP contribution in [-0.2, 0) is 0 Å². The molecule has 1 unspecified atom stereocenters. The summed E-state index contributed by atoms with van der Waals surface area (Å²) < 4.78 is 0. The van der Waals surface area contributed by atoms with E-state index >= 15 is 0 Å². The highest BCUT2D eigenvalue weighted by atomic mass is 15.3. The third-order valence-corrected chi connectivity index (χ3v) is 3.58. The number of hydrogen-bond donors (Lipinski definition) is 2. The summed E-state index contributed by atoms with van der Waals surface area (Å²) in [5.74, 6) is 6.91. The molecular weight excluding hydrogens is 228 g/mol. The van der Waals surface area contributed by atoms with Crippen LogP contribution in [0.3, 0.4) is 0 Å². The molecule has 0 bridgehead atoms. The fourth-order valence-corrected chi connectivity index (χ4v) is 2.56. The highest BCUT2D eigenvalue weighted by Gasteiger charge is 2.24. The third-order valence-electron chi connectivity index (χ3n) is 3.58. The molecule has 1 aromatic heterocycles. The van der Waals surface area contributed by atoms with E-state index in [0.717, 1.165) is 18.9 Å². The van der Waals surface area contributed by atoms with E-state index in [2.05, 4.69) is 39.2 Å². The van der Waals surface area contributed by atoms with Crippen molar-refractivity contribution >= 4 is 11.6 Å². The molecule has 3 N–H and O–H groups in total. The molecule has 6 heteroatoms. The van der Waals surface area contributed by atoms with E-state index in [-0.39, 0.29) is 0 Å². The third kappa shape index (κ3) is 2.88. The summed E-state index contributed by atoms with van der Waals surface area (Å²) >= 11 is 0. The monoisotopic (exact) mass is 250 g/mol. The Morgan fingerprint density at radius 3 is 3.11 bits per heavy atom. The van der Waals surface area contributed by atoms with Crippen molar-refractivity contribution in [2.24, 2.45) is 5.84 Å². The highest BCUT2D eigenvalue weighted by molar-refractivity contribution is 5.47. The largest absolute Gasteiger partial charge is 0.358 e. The van der Waals surface area contributed by atoms with Gasteiger partial charge in [0.05, 0.1) is 0 Å². The minimum atomic E-state index is 0.629. The zero-order chi connectivity index (χ0) is 13.0. The molecule has 1 aromatic rings. The number of nitrogens with zero attached hydrogens (tertiary/aromatic N) is 4. The molecule has 18 heavy (non-hydrogen) atoms. The van der Waals surface area contributed by atoms with Crippen LogP contribution in [0, 0.1) is 0 Å². The van der Waals surface area contributed by atoms with Crippen molar-refractivity contribution in [3.05, 3.63) is 12.4 Å². The van der Waals surface area contributed by atoms with Gasteiger partial charge in [-0.3, -0.25) is 4.90 Å². The lowest BCUT2D eigenvalue weighted by atomic mass is 10.2. The van der Waals surface area contributed by atoms with Crippen LogP contribution in [-0.4, -0.2) is 47.6 Å². The molecule has 6 nitrogen and oxygen atoms in total. The van der Waals surface area contributed by atoms with Gasteiger partial charge in [0.25, 0.3) is 0 Å². The van der Waals surface area contributed by atoms with Gasteiger partial charge < -0.3 is 10.3 Å². The normalized spacial score (nSPS) is 20.1. The Morgan fingerprint density at radius 2 is 2.39 bits per heavy atom. The van der Waals surface area contributed by atoms with Crippen LogP contribution in [0.2, 0.25) is 0 Å². The number of hydrazine groups is 1. The number of nitrogen functional groups attached to an aromatic ring is 1. The van der Waals surface area contributed by atoms with Gasteiger partial charge in [-0.2, -0.15) is 0 Å². The second-order valence-electron chi connectivity index (χ2n) is 4.71. The maximum absolute atomic E-state index is 5.36. The zero-order valence-corrected chi connectivity index (χ0v) is 11.1. The molecule has 1 aliphatic rings. The summed E-state index contributed by atoms with van der Waals surface area (Å²) in [6.45, 7) is 5.56. The topological polar surface area (TPSA) is 70.3 Å². The number of hydrogen-bond acceptors (Lipinski definition) is 6. The van der Waals surface area contributed by atoms with Gasteiger partial charge in [-0.1, -0.05) is 6.92 Å². The number of likely N-dealkylation sites (tertiary alicyclic amines) is 1. The van der Waals surface area contributed by atoms with Gasteiger partial charge in [0, 0.05) is 25.7 Å². The lowest BCUT2D eigenvalue weighted by Gasteiger charge is -2.28. The number of aromatic nitrogens is 2. The standard InChI is InChI=1S/C12H22N6/c1-3-18-6-4-5-10(18)8-17(2)12-7-11(16-13)14-9-15-12/h7,9-10H,3-6,8,13H2,1-2H3,(H,14,15,16). The van der Waals surface area contributed by atoms with Crippen LogP contribution in [0.4, 0.5) is 11.6 Å². The van der Waals surface area contributed by atoms with Crippen LogP contribution >= 0.6 is 0 Å². The second kappa shape index (κ2) is 5.97. The van der Waals surface area contributed by atoms with Gasteiger partial charge >= 0.3 is 0 Å². The molecule has 0 aliphatic carbocycles. The number of nitrogens with one attached hydrogen (secondary N) is 1. The van der Waals surface area contributed by atoms with E-state index in [1.54, 1.807) is 0 Å². The van der Waals surface area contributed by atoms with Crippen LogP contribution in [0.25, 0.3) is 0 Å². The van der Waals surface area contributed by atoms with Crippen LogP contribution < -0.4 is 16.2 Å². The summed E-state index contributed by atoms with van der Waals surface area (Å²) in [5.41, 5.74) is 2.55. The molecule has 1 fully saturated rings. The molecule has 100 valence electrons. The fraction of sp³-hybridized carbons (Fsp3) is 0.667. The van der Waals surface area contributed by atoms with Crippen molar-refractivity contribution in [2.75, 3.05) is 37.0 Å². The van der Waals surface area contributed by atoms with E-state index in [0.29, 0.717) is 11.9 Å². The van der Waals surface area contributed by atoms with E-state index < -0.39 is 0 Å². The van der Waals surface area contributed by atoms with Crippen molar-refractivity contribution in [1.29, 1.82) is 0 Å². The average molecular weight is 250 g/mol. The number of anilines is 2. The lowest BCUT2D eigenvalue weighted by molar-refractivity contribution is 0.270. The van der Waals surface area contributed by atoms with E-state index in [1.165, 1.54) is 25.7 Å². The van der Waals surface area contributed by atoms with Gasteiger partial charge in [-0.05, 0) is 25.9 Å². The van der Waals surface area contributed by atoms with Gasteiger partial charge in [0.2, 0.25) is 0 Å². The summed E-state index contributed by atoms with van der Waals surface area (Å²) in [7, 11) is 2.06. The summed E-state index contributed by atoms with van der Waals surface area (Å²) in [4.78, 5) is 13.0. The maximum Gasteiger partial charge on any atom is 0.145 e. The molecule has 2 heterocycles. The quantitative estimate of drug-likeness (QED) is 0.591. The first-order valence-electron chi connectivity index (χ1n) is 6.48. The maximum atomic E-state index is 5.36. The van der Waals surface area contributed by atoms with E-state index in [9.17, 15) is 0 Å². The second-order valence-corrected chi connectivity index (χ2v) is 4.71. The Labute approximate surface area is 108 Å². The smallest absolute Gasteiger partial charge is 0.145 e. The summed E-state index contributed by atoms with van der Waals surface area (Å²) in [6, 6.07) is 2.50. The zero-order valence-electron chi connectivity index (χ0n) is 11.1. The molecular formula is C12H22N6. The molecule has 2 rings (SSSR count). The Morgan fingerprint density at radius 1 is 1.56 bits per heavy atom. The van der Waals surface area contributed by atoms with Crippen molar-refractivity contribution in [2.45, 2.75) is 25.8 Å². The van der Waals surface area contributed by atoms with Crippen molar-refractivity contribution in [3.63, 3.8) is 0 Å². The van der Waals surface area contributed by atoms with E-state index in [1.807, 2.05) is 6.07 Å². The molecule has 0 amide bonds. The fourth-order valence-electron chi connectivity index (χ4n) is 2.56. The Balaban J connectivity index is 2.00. The molecule has 0 spiro atoms. The van der Waals surface area contributed by atoms with Gasteiger partial charge in [-0.15, -0.1) is 0 Å². The molecule has 0 saturated carbocycles. The minimum absolute atomic E-state index is 0.629. The van der Waals surface area contributed by atoms with Gasteiger partial charge in [-0.25, -0.2) is 15.8 Å². The first kappa shape index (κ1) is 13.0. The molecule has 1 saturated heterocycles. The lowest BCUT2D eigenvalue weighted by Crippen LogP contribution is -2.39. The Kier molecular flexibility index (Phi) is 4.33. The minimum Gasteiger partial charge on any atom is -0.358 e. The molecule has 0 aromatic carbocycles. The van der Waals surface area contributed by atoms with Crippen LogP contribution in [0.15, 0.2) is 12.4 Å².